The highest BCUT2D eigenvalue weighted by Crippen LogP contribution is 2.10. The van der Waals surface area contributed by atoms with Crippen molar-refractivity contribution in [2.24, 2.45) is 0 Å². The van der Waals surface area contributed by atoms with Crippen LogP contribution < -0.4 is 0 Å². The maximum absolute atomic E-state index is 11.4. The lowest BCUT2D eigenvalue weighted by molar-refractivity contribution is -0.149. The first-order chi connectivity index (χ1) is 6.26. The number of hydrogen-bond donors (Lipinski definition) is 0. The summed E-state index contributed by atoms with van der Waals surface area (Å²) in [6, 6.07) is 1.80. The fraction of sp³-hybridized carbons (Fsp3) is 0.600. The molecular weight excluding hydrogens is 180 g/mol. The Balaban J connectivity index is 4.60. The van der Waals surface area contributed by atoms with Gasteiger partial charge in [-0.1, -0.05) is 0 Å². The van der Waals surface area contributed by atoms with Gasteiger partial charge >= 0.3 is 5.97 Å². The van der Waals surface area contributed by atoms with Crippen LogP contribution in [0.25, 0.3) is 0 Å². The summed E-state index contributed by atoms with van der Waals surface area (Å²) in [5, 5.41) is 8.70. The third kappa shape index (κ3) is 5.20. The number of nitrogens with zero attached hydrogens (tertiary/aromatic N) is 2. The van der Waals surface area contributed by atoms with Crippen LogP contribution in [-0.4, -0.2) is 30.6 Å². The highest BCUT2D eigenvalue weighted by Gasteiger charge is 2.19. The molecule has 0 spiro atoms. The molecule has 0 aromatic carbocycles. The Hall–Kier alpha value is -1.50. The molecule has 0 unspecified atom stereocenters. The molecule has 0 fully saturated rings. The fourth-order valence-electron chi connectivity index (χ4n) is 0.718. The van der Waals surface area contributed by atoms with Crippen LogP contribution in [0.1, 0.15) is 20.8 Å². The molecular formula is C10H16N2O2. The van der Waals surface area contributed by atoms with Gasteiger partial charge in [0.15, 0.2) is 5.57 Å². The standard InChI is InChI=1S/C10H16N2O2/c1-10(2,3)14-9(13)8(6-11)7-12(4)5/h7H,1-5H3/b8-7+. The second-order valence-corrected chi connectivity index (χ2v) is 4.12. The molecule has 0 aromatic heterocycles. The first kappa shape index (κ1) is 12.5. The minimum Gasteiger partial charge on any atom is -0.456 e. The van der Waals surface area contributed by atoms with E-state index in [0.717, 1.165) is 0 Å². The zero-order valence-electron chi connectivity index (χ0n) is 9.29. The van der Waals surface area contributed by atoms with E-state index in [1.54, 1.807) is 45.8 Å². The van der Waals surface area contributed by atoms with Gasteiger partial charge in [-0.2, -0.15) is 5.26 Å². The normalized spacial score (nSPS) is 11.9. The fourth-order valence-corrected chi connectivity index (χ4v) is 0.718. The molecule has 0 rings (SSSR count). The van der Waals surface area contributed by atoms with Crippen molar-refractivity contribution < 1.29 is 9.53 Å². The average Bonchev–Trinajstić information content (AvgIpc) is 1.96. The van der Waals surface area contributed by atoms with Crippen LogP contribution in [0.3, 0.4) is 0 Å². The molecule has 78 valence electrons. The minimum atomic E-state index is -0.589. The van der Waals surface area contributed by atoms with Gasteiger partial charge in [0.25, 0.3) is 0 Å². The van der Waals surface area contributed by atoms with Gasteiger partial charge in [-0.15, -0.1) is 0 Å². The van der Waals surface area contributed by atoms with Gasteiger partial charge in [0, 0.05) is 20.3 Å². The third-order valence-corrected chi connectivity index (χ3v) is 1.13. The zero-order valence-corrected chi connectivity index (χ0v) is 9.29. The summed E-state index contributed by atoms with van der Waals surface area (Å²) in [4.78, 5) is 13.0. The quantitative estimate of drug-likeness (QED) is 0.379. The zero-order chi connectivity index (χ0) is 11.4. The number of carbonyl (C=O) groups is 1. The van der Waals surface area contributed by atoms with Crippen LogP contribution in [0.4, 0.5) is 0 Å². The van der Waals surface area contributed by atoms with E-state index >= 15 is 0 Å². The molecule has 4 heteroatoms. The number of esters is 1. The SMILES string of the molecule is CN(C)/C=C(\C#N)C(=O)OC(C)(C)C. The Morgan fingerprint density at radius 3 is 2.21 bits per heavy atom. The molecule has 0 saturated heterocycles. The average molecular weight is 196 g/mol. The first-order valence-corrected chi connectivity index (χ1v) is 4.28. The largest absolute Gasteiger partial charge is 0.456 e. The summed E-state index contributed by atoms with van der Waals surface area (Å²) in [5.41, 5.74) is -0.566. The number of nitriles is 1. The molecule has 0 radical (unpaired) electrons. The van der Waals surface area contributed by atoms with E-state index in [1.807, 2.05) is 0 Å². The molecule has 0 aliphatic heterocycles. The topological polar surface area (TPSA) is 53.3 Å². The van der Waals surface area contributed by atoms with Gasteiger partial charge in [0.2, 0.25) is 0 Å². The van der Waals surface area contributed by atoms with E-state index in [2.05, 4.69) is 0 Å². The summed E-state index contributed by atoms with van der Waals surface area (Å²) in [6.45, 7) is 5.28. The molecule has 0 aliphatic carbocycles. The summed E-state index contributed by atoms with van der Waals surface area (Å²) >= 11 is 0. The molecule has 0 atom stereocenters. The van der Waals surface area contributed by atoms with E-state index in [1.165, 1.54) is 6.20 Å². The van der Waals surface area contributed by atoms with Gasteiger partial charge in [-0.3, -0.25) is 0 Å². The summed E-state index contributed by atoms with van der Waals surface area (Å²) in [7, 11) is 3.48. The van der Waals surface area contributed by atoms with Crippen LogP contribution in [0.2, 0.25) is 0 Å². The maximum Gasteiger partial charge on any atom is 0.350 e. The Morgan fingerprint density at radius 2 is 1.93 bits per heavy atom. The van der Waals surface area contributed by atoms with Crippen LogP contribution in [-0.2, 0) is 9.53 Å². The van der Waals surface area contributed by atoms with E-state index in [4.69, 9.17) is 10.00 Å². The molecule has 0 aliphatic rings. The van der Waals surface area contributed by atoms with Gasteiger partial charge in [0.05, 0.1) is 0 Å². The lowest BCUT2D eigenvalue weighted by Gasteiger charge is -2.19. The third-order valence-electron chi connectivity index (χ3n) is 1.13. The van der Waals surface area contributed by atoms with Crippen LogP contribution >= 0.6 is 0 Å². The van der Waals surface area contributed by atoms with Gasteiger partial charge in [-0.05, 0) is 20.8 Å². The summed E-state index contributed by atoms with van der Waals surface area (Å²) < 4.78 is 5.04. The minimum absolute atomic E-state index is 0.00456. The van der Waals surface area contributed by atoms with E-state index < -0.39 is 11.6 Å². The predicted octanol–water partition coefficient (Wildman–Crippen LogP) is 1.30. The monoisotopic (exact) mass is 196 g/mol. The molecule has 0 saturated carbocycles. The van der Waals surface area contributed by atoms with Gasteiger partial charge < -0.3 is 9.64 Å². The lowest BCUT2D eigenvalue weighted by Crippen LogP contribution is -2.25. The molecule has 0 heterocycles. The van der Waals surface area contributed by atoms with Crippen molar-refractivity contribution in [3.8, 4) is 6.07 Å². The molecule has 0 bridgehead atoms. The van der Waals surface area contributed by atoms with Crippen molar-refractivity contribution in [2.75, 3.05) is 14.1 Å². The van der Waals surface area contributed by atoms with Crippen LogP contribution in [0.5, 0.6) is 0 Å². The summed E-state index contributed by atoms with van der Waals surface area (Å²) in [5.74, 6) is -0.589. The number of ether oxygens (including phenoxy) is 1. The van der Waals surface area contributed by atoms with Crippen LogP contribution in [0.15, 0.2) is 11.8 Å². The number of carbonyl (C=O) groups excluding carboxylic acids is 1. The molecule has 4 nitrogen and oxygen atoms in total. The molecule has 14 heavy (non-hydrogen) atoms. The van der Waals surface area contributed by atoms with E-state index in [9.17, 15) is 4.79 Å². The van der Waals surface area contributed by atoms with E-state index in [0.29, 0.717) is 0 Å². The van der Waals surface area contributed by atoms with Gasteiger partial charge in [-0.25, -0.2) is 4.79 Å². The Kier molecular flexibility index (Phi) is 4.16. The van der Waals surface area contributed by atoms with Crippen molar-refractivity contribution in [3.63, 3.8) is 0 Å². The highest BCUT2D eigenvalue weighted by molar-refractivity contribution is 5.92. The van der Waals surface area contributed by atoms with Gasteiger partial charge in [0.1, 0.15) is 11.7 Å². The highest BCUT2D eigenvalue weighted by atomic mass is 16.6. The van der Waals surface area contributed by atoms with Crippen molar-refractivity contribution in [1.82, 2.24) is 4.90 Å². The van der Waals surface area contributed by atoms with Crippen molar-refractivity contribution in [2.45, 2.75) is 26.4 Å². The van der Waals surface area contributed by atoms with E-state index in [-0.39, 0.29) is 5.57 Å². The second-order valence-electron chi connectivity index (χ2n) is 4.12. The molecule has 0 aromatic rings. The Bertz CT molecular complexity index is 279. The molecule has 0 N–H and O–H groups in total. The van der Waals surface area contributed by atoms with Crippen molar-refractivity contribution in [3.05, 3.63) is 11.8 Å². The Labute approximate surface area is 84.8 Å². The van der Waals surface area contributed by atoms with Crippen molar-refractivity contribution in [1.29, 1.82) is 5.26 Å². The lowest BCUT2D eigenvalue weighted by atomic mass is 10.2. The second kappa shape index (κ2) is 4.66. The number of hydrogen-bond acceptors (Lipinski definition) is 4. The first-order valence-electron chi connectivity index (χ1n) is 4.28. The summed E-state index contributed by atoms with van der Waals surface area (Å²) in [6.07, 6.45) is 1.44. The Morgan fingerprint density at radius 1 is 1.43 bits per heavy atom. The smallest absolute Gasteiger partial charge is 0.350 e. The van der Waals surface area contributed by atoms with Crippen LogP contribution in [0, 0.1) is 11.3 Å². The molecule has 0 amide bonds. The van der Waals surface area contributed by atoms with Crippen molar-refractivity contribution >= 4 is 5.97 Å². The maximum atomic E-state index is 11.4. The number of rotatable bonds is 2. The predicted molar refractivity (Wildman–Crippen MR) is 53.2 cm³/mol.